The van der Waals surface area contributed by atoms with Gasteiger partial charge in [0.2, 0.25) is 5.91 Å². The Morgan fingerprint density at radius 2 is 1.93 bits per heavy atom. The lowest BCUT2D eigenvalue weighted by Crippen LogP contribution is -2.30. The van der Waals surface area contributed by atoms with Crippen LogP contribution in [-0.2, 0) is 17.9 Å². The van der Waals surface area contributed by atoms with E-state index in [9.17, 15) is 4.79 Å². The van der Waals surface area contributed by atoms with E-state index in [4.69, 9.17) is 4.42 Å². The monoisotopic (exact) mass is 398 g/mol. The maximum Gasteiger partial charge on any atom is 0.233 e. The molecule has 0 saturated heterocycles. The van der Waals surface area contributed by atoms with Gasteiger partial charge in [0.1, 0.15) is 11.6 Å². The van der Waals surface area contributed by atoms with Crippen molar-refractivity contribution >= 4 is 17.7 Å². The molecule has 0 radical (unpaired) electrons. The maximum absolute atomic E-state index is 12.5. The molecule has 1 unspecified atom stereocenters. The van der Waals surface area contributed by atoms with Crippen LogP contribution in [0.25, 0.3) is 0 Å². The summed E-state index contributed by atoms with van der Waals surface area (Å²) in [5.41, 5.74) is 2.29. The van der Waals surface area contributed by atoms with Gasteiger partial charge < -0.3 is 9.73 Å². The molecule has 3 rings (SSSR count). The quantitative estimate of drug-likeness (QED) is 0.577. The van der Waals surface area contributed by atoms with E-state index >= 15 is 0 Å². The van der Waals surface area contributed by atoms with Gasteiger partial charge in [-0.05, 0) is 31.5 Å². The van der Waals surface area contributed by atoms with Crippen molar-refractivity contribution in [3.8, 4) is 0 Å². The first-order chi connectivity index (χ1) is 13.4. The number of aryl methyl sites for hydroxylation is 1. The molecule has 0 fully saturated rings. The summed E-state index contributed by atoms with van der Waals surface area (Å²) in [4.78, 5) is 12.5. The Morgan fingerprint density at radius 3 is 2.57 bits per heavy atom. The fraction of sp³-hybridized carbons (Fsp3) is 0.381. The highest BCUT2D eigenvalue weighted by atomic mass is 32.2. The summed E-state index contributed by atoms with van der Waals surface area (Å²) in [6.45, 7) is 9.15. The van der Waals surface area contributed by atoms with Gasteiger partial charge in [0.25, 0.3) is 0 Å². The van der Waals surface area contributed by atoms with Crippen molar-refractivity contribution in [2.24, 2.45) is 0 Å². The van der Waals surface area contributed by atoms with Crippen molar-refractivity contribution in [2.75, 3.05) is 0 Å². The van der Waals surface area contributed by atoms with Crippen molar-refractivity contribution < 1.29 is 9.21 Å². The van der Waals surface area contributed by atoms with Crippen LogP contribution >= 0.6 is 11.8 Å². The first kappa shape index (κ1) is 20.2. The first-order valence-electron chi connectivity index (χ1n) is 9.39. The summed E-state index contributed by atoms with van der Waals surface area (Å²) in [5.74, 6) is 1.91. The highest BCUT2D eigenvalue weighted by Gasteiger charge is 2.21. The van der Waals surface area contributed by atoms with Gasteiger partial charge in [-0.15, -0.1) is 10.2 Å². The van der Waals surface area contributed by atoms with Crippen LogP contribution in [0.1, 0.15) is 49.4 Å². The molecule has 0 spiro atoms. The van der Waals surface area contributed by atoms with E-state index in [0.717, 1.165) is 22.3 Å². The average Bonchev–Trinajstić information content (AvgIpc) is 3.32. The Labute approximate surface area is 169 Å². The number of furan rings is 1. The molecule has 0 saturated carbocycles. The van der Waals surface area contributed by atoms with Gasteiger partial charge >= 0.3 is 0 Å². The topological polar surface area (TPSA) is 73.0 Å². The Morgan fingerprint density at radius 1 is 1.18 bits per heavy atom. The van der Waals surface area contributed by atoms with Crippen molar-refractivity contribution in [1.82, 2.24) is 20.1 Å². The van der Waals surface area contributed by atoms with Crippen LogP contribution in [0.3, 0.4) is 0 Å². The molecule has 0 aliphatic carbocycles. The minimum Gasteiger partial charge on any atom is -0.467 e. The third-order valence-electron chi connectivity index (χ3n) is 4.39. The molecule has 0 aliphatic heterocycles. The average molecular weight is 399 g/mol. The summed E-state index contributed by atoms with van der Waals surface area (Å²) >= 11 is 1.41. The smallest absolute Gasteiger partial charge is 0.233 e. The van der Waals surface area contributed by atoms with Crippen LogP contribution in [0.4, 0.5) is 0 Å². The van der Waals surface area contributed by atoms with Gasteiger partial charge in [0.05, 0.1) is 18.1 Å². The van der Waals surface area contributed by atoms with Gasteiger partial charge in [-0.2, -0.15) is 0 Å². The largest absolute Gasteiger partial charge is 0.467 e. The Hall–Kier alpha value is -2.54. The van der Waals surface area contributed by atoms with Crippen LogP contribution < -0.4 is 5.32 Å². The van der Waals surface area contributed by atoms with E-state index in [-0.39, 0.29) is 17.1 Å². The van der Waals surface area contributed by atoms with Crippen LogP contribution in [-0.4, -0.2) is 25.9 Å². The zero-order chi connectivity index (χ0) is 20.1. The second-order valence-electron chi connectivity index (χ2n) is 7.12. The minimum atomic E-state index is -0.287. The van der Waals surface area contributed by atoms with E-state index in [1.807, 2.05) is 54.8 Å². The number of thioether (sulfide) groups is 1. The molecule has 1 amide bonds. The molecule has 1 atom stereocenters. The van der Waals surface area contributed by atoms with Gasteiger partial charge in [0.15, 0.2) is 5.16 Å². The summed E-state index contributed by atoms with van der Waals surface area (Å²) in [7, 11) is 0. The molecular weight excluding hydrogens is 372 g/mol. The lowest BCUT2D eigenvalue weighted by atomic mass is 10.1. The fourth-order valence-electron chi connectivity index (χ4n) is 2.77. The summed E-state index contributed by atoms with van der Waals surface area (Å²) in [6.07, 6.45) is 1.66. The second-order valence-corrected chi connectivity index (χ2v) is 8.43. The number of amides is 1. The number of carbonyl (C=O) groups is 1. The molecule has 148 valence electrons. The number of nitrogens with zero attached hydrogens (tertiary/aromatic N) is 3. The predicted molar refractivity (Wildman–Crippen MR) is 110 cm³/mol. The Kier molecular flexibility index (Phi) is 6.57. The highest BCUT2D eigenvalue weighted by molar-refractivity contribution is 8.00. The van der Waals surface area contributed by atoms with Crippen LogP contribution in [0.2, 0.25) is 0 Å². The van der Waals surface area contributed by atoms with E-state index in [2.05, 4.69) is 29.4 Å². The van der Waals surface area contributed by atoms with E-state index in [1.165, 1.54) is 17.3 Å². The lowest BCUT2D eigenvalue weighted by Gasteiger charge is -2.14. The zero-order valence-corrected chi connectivity index (χ0v) is 17.5. The Bertz CT molecular complexity index is 901. The van der Waals surface area contributed by atoms with Gasteiger partial charge in [0, 0.05) is 12.5 Å². The standard InChI is InChI=1S/C21H26N4O2S/c1-14(2)19-23-24-21(25(19)13-18-6-5-11-27-18)28-16(4)20(26)22-12-17-9-7-15(3)8-10-17/h5-11,14,16H,12-13H2,1-4H3,(H,22,26). The molecule has 1 aromatic carbocycles. The number of benzene rings is 1. The molecular formula is C21H26N4O2S. The number of aromatic nitrogens is 3. The van der Waals surface area contributed by atoms with Gasteiger partial charge in [-0.1, -0.05) is 55.4 Å². The molecule has 2 aromatic heterocycles. The number of nitrogens with one attached hydrogen (secondary N) is 1. The number of carbonyl (C=O) groups excluding carboxylic acids is 1. The molecule has 0 bridgehead atoms. The van der Waals surface area contributed by atoms with Crippen molar-refractivity contribution in [3.05, 3.63) is 65.4 Å². The van der Waals surface area contributed by atoms with Gasteiger partial charge in [-0.25, -0.2) is 0 Å². The lowest BCUT2D eigenvalue weighted by molar-refractivity contribution is -0.120. The molecule has 0 aliphatic rings. The predicted octanol–water partition coefficient (Wildman–Crippen LogP) is 4.15. The van der Waals surface area contributed by atoms with Gasteiger partial charge in [-0.3, -0.25) is 9.36 Å². The SMILES string of the molecule is Cc1ccc(CNC(=O)C(C)Sc2nnc(C(C)C)n2Cc2ccco2)cc1. The summed E-state index contributed by atoms with van der Waals surface area (Å²) in [6, 6.07) is 11.9. The minimum absolute atomic E-state index is 0.0239. The zero-order valence-electron chi connectivity index (χ0n) is 16.7. The fourth-order valence-corrected chi connectivity index (χ4v) is 3.65. The van der Waals surface area contributed by atoms with E-state index in [1.54, 1.807) is 6.26 Å². The summed E-state index contributed by atoms with van der Waals surface area (Å²) < 4.78 is 7.51. The van der Waals surface area contributed by atoms with Crippen LogP contribution in [0, 0.1) is 6.92 Å². The first-order valence-corrected chi connectivity index (χ1v) is 10.3. The molecule has 1 N–H and O–H groups in total. The maximum atomic E-state index is 12.5. The Balaban J connectivity index is 1.66. The second kappa shape index (κ2) is 9.10. The highest BCUT2D eigenvalue weighted by Crippen LogP contribution is 2.26. The molecule has 3 aromatic rings. The third-order valence-corrected chi connectivity index (χ3v) is 5.48. The molecule has 28 heavy (non-hydrogen) atoms. The van der Waals surface area contributed by atoms with Crippen molar-refractivity contribution in [3.63, 3.8) is 0 Å². The molecule has 2 heterocycles. The number of hydrogen-bond acceptors (Lipinski definition) is 5. The van der Waals surface area contributed by atoms with Crippen molar-refractivity contribution in [1.29, 1.82) is 0 Å². The molecule has 7 heteroatoms. The number of hydrogen-bond donors (Lipinski definition) is 1. The molecule has 6 nitrogen and oxygen atoms in total. The van der Waals surface area contributed by atoms with E-state index < -0.39 is 0 Å². The van der Waals surface area contributed by atoms with Crippen LogP contribution in [0.15, 0.2) is 52.2 Å². The van der Waals surface area contributed by atoms with E-state index in [0.29, 0.717) is 13.1 Å². The normalized spacial score (nSPS) is 12.3. The third kappa shape index (κ3) is 5.04. The number of rotatable bonds is 8. The van der Waals surface area contributed by atoms with Crippen LogP contribution in [0.5, 0.6) is 0 Å². The van der Waals surface area contributed by atoms with Crippen molar-refractivity contribution in [2.45, 2.75) is 57.1 Å². The summed E-state index contributed by atoms with van der Waals surface area (Å²) in [5, 5.41) is 12.1.